The maximum Gasteiger partial charge on any atom is 0.303 e. The predicted octanol–water partition coefficient (Wildman–Crippen LogP) is 1.55. The Balaban J connectivity index is 2.35. The number of aliphatic carboxylic acids is 1. The van der Waals surface area contributed by atoms with Gasteiger partial charge in [0.05, 0.1) is 0 Å². The van der Waals surface area contributed by atoms with Gasteiger partial charge in [0.15, 0.2) is 17.5 Å². The molecule has 0 radical (unpaired) electrons. The molecule has 0 saturated carbocycles. The summed E-state index contributed by atoms with van der Waals surface area (Å²) in [5.41, 5.74) is 1.43. The van der Waals surface area contributed by atoms with Gasteiger partial charge in [-0.3, -0.25) is 4.79 Å². The van der Waals surface area contributed by atoms with Crippen molar-refractivity contribution in [2.24, 2.45) is 0 Å². The van der Waals surface area contributed by atoms with Crippen molar-refractivity contribution in [1.29, 1.82) is 0 Å². The van der Waals surface area contributed by atoms with Crippen LogP contribution in [0.5, 0.6) is 5.75 Å². The number of aromatic hydroxyl groups is 1. The number of benzene rings is 1. The molecule has 0 aliphatic carbocycles. The lowest BCUT2D eigenvalue weighted by molar-refractivity contribution is -0.136. The monoisotopic (exact) mass is 207 g/mol. The van der Waals surface area contributed by atoms with Gasteiger partial charge in [0.1, 0.15) is 5.75 Å². The zero-order chi connectivity index (χ0) is 10.8. The molecule has 2 N–H and O–H groups in total. The number of aryl methyl sites for hydroxylation is 1. The molecule has 0 aliphatic rings. The van der Waals surface area contributed by atoms with E-state index < -0.39 is 5.97 Å². The molecule has 2 rings (SSSR count). The van der Waals surface area contributed by atoms with Gasteiger partial charge in [0.25, 0.3) is 0 Å². The molecule has 0 amide bonds. The van der Waals surface area contributed by atoms with Crippen LogP contribution in [-0.4, -0.2) is 21.2 Å². The number of hydrogen-bond donors (Lipinski definition) is 2. The highest BCUT2D eigenvalue weighted by Crippen LogP contribution is 2.28. The predicted molar refractivity (Wildman–Crippen MR) is 51.6 cm³/mol. The fraction of sp³-hybridized carbons (Fsp3) is 0.200. The molecule has 78 valence electrons. The van der Waals surface area contributed by atoms with E-state index in [4.69, 9.17) is 9.52 Å². The van der Waals surface area contributed by atoms with E-state index >= 15 is 0 Å². The normalized spacial score (nSPS) is 10.7. The summed E-state index contributed by atoms with van der Waals surface area (Å²) in [5.74, 6) is -0.892. The second-order valence-electron chi connectivity index (χ2n) is 3.17. The van der Waals surface area contributed by atoms with Gasteiger partial charge < -0.3 is 14.6 Å². The molecule has 1 heterocycles. The lowest BCUT2D eigenvalue weighted by Crippen LogP contribution is -1.97. The van der Waals surface area contributed by atoms with Crippen LogP contribution in [0.1, 0.15) is 12.0 Å². The molecule has 0 bridgehead atoms. The molecule has 2 aromatic rings. The fourth-order valence-electron chi connectivity index (χ4n) is 1.40. The third-order valence-electron chi connectivity index (χ3n) is 2.17. The molecule has 5 nitrogen and oxygen atoms in total. The summed E-state index contributed by atoms with van der Waals surface area (Å²) < 4.78 is 4.99. The van der Waals surface area contributed by atoms with E-state index in [0.29, 0.717) is 16.7 Å². The standard InChI is InChI=1S/C10H9NO4/c12-8(13)4-2-6-1-3-7-9(10(6)14)11-5-15-7/h1,3,5,14H,2,4H2,(H,12,13). The van der Waals surface area contributed by atoms with Gasteiger partial charge in [0, 0.05) is 6.42 Å². The lowest BCUT2D eigenvalue weighted by atomic mass is 10.1. The Morgan fingerprint density at radius 3 is 3.00 bits per heavy atom. The minimum atomic E-state index is -0.894. The third-order valence-corrected chi connectivity index (χ3v) is 2.17. The Hall–Kier alpha value is -2.04. The average molecular weight is 207 g/mol. The second kappa shape index (κ2) is 3.61. The number of rotatable bonds is 3. The summed E-state index contributed by atoms with van der Waals surface area (Å²) in [6.45, 7) is 0. The van der Waals surface area contributed by atoms with Crippen molar-refractivity contribution >= 4 is 17.1 Å². The Labute approximate surface area is 85.0 Å². The zero-order valence-electron chi connectivity index (χ0n) is 7.80. The van der Waals surface area contributed by atoms with E-state index in [-0.39, 0.29) is 18.6 Å². The van der Waals surface area contributed by atoms with Crippen molar-refractivity contribution < 1.29 is 19.4 Å². The number of carbonyl (C=O) groups is 1. The van der Waals surface area contributed by atoms with Crippen LogP contribution in [-0.2, 0) is 11.2 Å². The lowest BCUT2D eigenvalue weighted by Gasteiger charge is -2.01. The van der Waals surface area contributed by atoms with Crippen LogP contribution in [0, 0.1) is 0 Å². The van der Waals surface area contributed by atoms with Crippen LogP contribution in [0.25, 0.3) is 11.1 Å². The molecule has 0 fully saturated rings. The first kappa shape index (κ1) is 9.51. The van der Waals surface area contributed by atoms with Crippen LogP contribution in [0.2, 0.25) is 0 Å². The maximum atomic E-state index is 10.4. The number of carboxylic acids is 1. The van der Waals surface area contributed by atoms with Crippen molar-refractivity contribution in [3.8, 4) is 5.75 Å². The number of oxazole rings is 1. The largest absolute Gasteiger partial charge is 0.505 e. The number of hydrogen-bond acceptors (Lipinski definition) is 4. The van der Waals surface area contributed by atoms with Crippen molar-refractivity contribution in [3.63, 3.8) is 0 Å². The van der Waals surface area contributed by atoms with Crippen molar-refractivity contribution in [2.75, 3.05) is 0 Å². The number of phenols is 1. The van der Waals surface area contributed by atoms with Gasteiger partial charge in [-0.1, -0.05) is 6.07 Å². The molecule has 0 aliphatic heterocycles. The smallest absolute Gasteiger partial charge is 0.303 e. The summed E-state index contributed by atoms with van der Waals surface area (Å²) in [6, 6.07) is 3.31. The molecule has 0 saturated heterocycles. The Morgan fingerprint density at radius 1 is 1.47 bits per heavy atom. The fourth-order valence-corrected chi connectivity index (χ4v) is 1.40. The summed E-state index contributed by atoms with van der Waals surface area (Å²) in [4.78, 5) is 14.2. The number of aromatic nitrogens is 1. The minimum Gasteiger partial charge on any atom is -0.505 e. The molecule has 5 heteroatoms. The van der Waals surface area contributed by atoms with Gasteiger partial charge in [-0.05, 0) is 18.1 Å². The number of fused-ring (bicyclic) bond motifs is 1. The first-order valence-corrected chi connectivity index (χ1v) is 4.44. The molecule has 1 aromatic carbocycles. The minimum absolute atomic E-state index is 0.00231. The van der Waals surface area contributed by atoms with Gasteiger partial charge in [-0.15, -0.1) is 0 Å². The highest BCUT2D eigenvalue weighted by molar-refractivity contribution is 5.81. The Kier molecular flexibility index (Phi) is 2.29. The second-order valence-corrected chi connectivity index (χ2v) is 3.17. The van der Waals surface area contributed by atoms with E-state index in [2.05, 4.69) is 4.98 Å². The summed E-state index contributed by atoms with van der Waals surface area (Å²) in [7, 11) is 0. The Morgan fingerprint density at radius 2 is 2.27 bits per heavy atom. The van der Waals surface area contributed by atoms with Crippen LogP contribution in [0.15, 0.2) is 22.9 Å². The zero-order valence-corrected chi connectivity index (χ0v) is 7.80. The van der Waals surface area contributed by atoms with Crippen LogP contribution >= 0.6 is 0 Å². The first-order valence-electron chi connectivity index (χ1n) is 4.44. The molecule has 15 heavy (non-hydrogen) atoms. The highest BCUT2D eigenvalue weighted by atomic mass is 16.4. The van der Waals surface area contributed by atoms with Crippen LogP contribution < -0.4 is 0 Å². The average Bonchev–Trinajstić information content (AvgIpc) is 2.65. The van der Waals surface area contributed by atoms with Gasteiger partial charge in [-0.25, -0.2) is 4.98 Å². The van der Waals surface area contributed by atoms with E-state index in [9.17, 15) is 9.90 Å². The molecular formula is C10H9NO4. The molecule has 0 unspecified atom stereocenters. The SMILES string of the molecule is O=C(O)CCc1ccc2ocnc2c1O. The van der Waals surface area contributed by atoms with Gasteiger partial charge in [-0.2, -0.15) is 0 Å². The van der Waals surface area contributed by atoms with Crippen LogP contribution in [0.3, 0.4) is 0 Å². The maximum absolute atomic E-state index is 10.4. The van der Waals surface area contributed by atoms with E-state index in [0.717, 1.165) is 0 Å². The van der Waals surface area contributed by atoms with Gasteiger partial charge >= 0.3 is 5.97 Å². The van der Waals surface area contributed by atoms with Gasteiger partial charge in [0.2, 0.25) is 0 Å². The third kappa shape index (κ3) is 1.76. The molecular weight excluding hydrogens is 198 g/mol. The quantitative estimate of drug-likeness (QED) is 0.797. The van der Waals surface area contributed by atoms with Crippen LogP contribution in [0.4, 0.5) is 0 Å². The first-order chi connectivity index (χ1) is 7.18. The Bertz CT molecular complexity index is 503. The summed E-state index contributed by atoms with van der Waals surface area (Å²) in [6.07, 6.45) is 1.51. The summed E-state index contributed by atoms with van der Waals surface area (Å²) in [5, 5.41) is 18.3. The van der Waals surface area contributed by atoms with E-state index in [1.807, 2.05) is 0 Å². The molecule has 0 spiro atoms. The summed E-state index contributed by atoms with van der Waals surface area (Å²) >= 11 is 0. The van der Waals surface area contributed by atoms with E-state index in [1.54, 1.807) is 12.1 Å². The van der Waals surface area contributed by atoms with Crippen molar-refractivity contribution in [2.45, 2.75) is 12.8 Å². The number of carboxylic acid groups (broad SMARTS) is 1. The topological polar surface area (TPSA) is 83.6 Å². The highest BCUT2D eigenvalue weighted by Gasteiger charge is 2.10. The number of phenolic OH excluding ortho intramolecular Hbond substituents is 1. The van der Waals surface area contributed by atoms with Crippen molar-refractivity contribution in [1.82, 2.24) is 4.98 Å². The van der Waals surface area contributed by atoms with E-state index in [1.165, 1.54) is 6.39 Å². The molecule has 1 aromatic heterocycles. The van der Waals surface area contributed by atoms with Crippen molar-refractivity contribution in [3.05, 3.63) is 24.1 Å². The number of nitrogens with zero attached hydrogens (tertiary/aromatic N) is 1. The molecule has 0 atom stereocenters.